The molecule has 1 amide bonds. The minimum atomic E-state index is -0.0720. The first-order valence-corrected chi connectivity index (χ1v) is 10.9. The maximum atomic E-state index is 12.8. The van der Waals surface area contributed by atoms with Gasteiger partial charge in [0, 0.05) is 22.1 Å². The normalized spacial score (nSPS) is 12.1. The second kappa shape index (κ2) is 9.50. The molecule has 4 nitrogen and oxygen atoms in total. The lowest BCUT2D eigenvalue weighted by Crippen LogP contribution is -2.34. The number of hydrogen-bond donors (Lipinski definition) is 1. The van der Waals surface area contributed by atoms with Gasteiger partial charge in [0.25, 0.3) is 5.91 Å². The predicted octanol–water partition coefficient (Wildman–Crippen LogP) is 5.09. The monoisotopic (exact) mass is 461 g/mol. The largest absolute Gasteiger partial charge is 0.350 e. The molecule has 0 aliphatic heterocycles. The smallest absolute Gasteiger partial charge is 0.252 e. The van der Waals surface area contributed by atoms with Gasteiger partial charge in [0.05, 0.1) is 11.6 Å². The molecule has 0 aliphatic rings. The zero-order valence-corrected chi connectivity index (χ0v) is 18.3. The first kappa shape index (κ1) is 20.1. The van der Waals surface area contributed by atoms with Gasteiger partial charge in [-0.1, -0.05) is 23.9 Å². The highest BCUT2D eigenvalue weighted by molar-refractivity contribution is 9.10. The standard InChI is InChI=1S/C20H20BrN3OS2/c1-24(2)17(14-9-10-26-13-14)12-23-20(25)16-5-3-4-6-18(16)27-19-8-7-15(21)11-22-19/h3-11,13,17H,12H2,1-2H3,(H,23,25). The summed E-state index contributed by atoms with van der Waals surface area (Å²) in [5, 5.41) is 8.12. The number of amides is 1. The van der Waals surface area contributed by atoms with Crippen LogP contribution in [-0.2, 0) is 0 Å². The van der Waals surface area contributed by atoms with Crippen molar-refractivity contribution in [3.63, 3.8) is 0 Å². The molecule has 0 saturated heterocycles. The molecule has 3 aromatic rings. The minimum absolute atomic E-state index is 0.0720. The zero-order chi connectivity index (χ0) is 19.2. The summed E-state index contributed by atoms with van der Waals surface area (Å²) < 4.78 is 0.932. The Bertz CT molecular complexity index is 883. The molecule has 0 spiro atoms. The molecule has 2 heterocycles. The molecule has 7 heteroatoms. The number of nitrogens with zero attached hydrogens (tertiary/aromatic N) is 2. The summed E-state index contributed by atoms with van der Waals surface area (Å²) in [6, 6.07) is 13.8. The maximum Gasteiger partial charge on any atom is 0.252 e. The van der Waals surface area contributed by atoms with Crippen molar-refractivity contribution in [2.24, 2.45) is 0 Å². The van der Waals surface area contributed by atoms with Crippen LogP contribution in [0.25, 0.3) is 0 Å². The van der Waals surface area contributed by atoms with Crippen LogP contribution in [0.3, 0.4) is 0 Å². The van der Waals surface area contributed by atoms with Crippen molar-refractivity contribution in [2.45, 2.75) is 16.0 Å². The van der Waals surface area contributed by atoms with Crippen LogP contribution in [0.4, 0.5) is 0 Å². The van der Waals surface area contributed by atoms with Crippen molar-refractivity contribution in [1.82, 2.24) is 15.2 Å². The van der Waals surface area contributed by atoms with E-state index >= 15 is 0 Å². The Morgan fingerprint density at radius 1 is 1.26 bits per heavy atom. The third kappa shape index (κ3) is 5.42. The van der Waals surface area contributed by atoms with Crippen molar-refractivity contribution in [1.29, 1.82) is 0 Å². The van der Waals surface area contributed by atoms with Gasteiger partial charge in [0.1, 0.15) is 5.03 Å². The molecular formula is C20H20BrN3OS2. The highest BCUT2D eigenvalue weighted by Gasteiger charge is 2.18. The van der Waals surface area contributed by atoms with Crippen LogP contribution in [-0.4, -0.2) is 36.4 Å². The number of thiophene rings is 1. The lowest BCUT2D eigenvalue weighted by molar-refractivity contribution is 0.0939. The Morgan fingerprint density at radius 2 is 2.07 bits per heavy atom. The summed E-state index contributed by atoms with van der Waals surface area (Å²) in [5.41, 5.74) is 1.88. The van der Waals surface area contributed by atoms with E-state index in [0.717, 1.165) is 14.4 Å². The average Bonchev–Trinajstić information content (AvgIpc) is 3.18. The number of rotatable bonds is 7. The second-order valence-electron chi connectivity index (χ2n) is 6.16. The van der Waals surface area contributed by atoms with Gasteiger partial charge >= 0.3 is 0 Å². The molecule has 1 atom stereocenters. The SMILES string of the molecule is CN(C)C(CNC(=O)c1ccccc1Sc1ccc(Br)cn1)c1ccsc1. The zero-order valence-electron chi connectivity index (χ0n) is 15.1. The van der Waals surface area contributed by atoms with Gasteiger partial charge in [0.2, 0.25) is 0 Å². The number of pyridine rings is 1. The number of carbonyl (C=O) groups is 1. The fourth-order valence-corrected chi connectivity index (χ4v) is 4.45. The molecule has 0 aliphatic carbocycles. The van der Waals surface area contributed by atoms with Crippen LogP contribution in [0.15, 0.2) is 73.8 Å². The molecule has 0 bridgehead atoms. The third-order valence-electron chi connectivity index (χ3n) is 4.05. The number of aromatic nitrogens is 1. The lowest BCUT2D eigenvalue weighted by atomic mass is 10.1. The minimum Gasteiger partial charge on any atom is -0.350 e. The Kier molecular flexibility index (Phi) is 7.07. The second-order valence-corrected chi connectivity index (χ2v) is 8.92. The van der Waals surface area contributed by atoms with Gasteiger partial charge in [-0.05, 0) is 76.7 Å². The van der Waals surface area contributed by atoms with Crippen molar-refractivity contribution >= 4 is 44.9 Å². The van der Waals surface area contributed by atoms with Crippen LogP contribution in [0.2, 0.25) is 0 Å². The van der Waals surface area contributed by atoms with E-state index in [1.54, 1.807) is 17.5 Å². The molecule has 1 N–H and O–H groups in total. The molecule has 0 saturated carbocycles. The Hall–Kier alpha value is -1.67. The number of halogens is 1. The van der Waals surface area contributed by atoms with E-state index in [1.165, 1.54) is 17.3 Å². The van der Waals surface area contributed by atoms with Crippen LogP contribution < -0.4 is 5.32 Å². The van der Waals surface area contributed by atoms with Gasteiger partial charge in [0.15, 0.2) is 0 Å². The quantitative estimate of drug-likeness (QED) is 0.532. The number of hydrogen-bond acceptors (Lipinski definition) is 5. The van der Waals surface area contributed by atoms with Gasteiger partial charge < -0.3 is 10.2 Å². The highest BCUT2D eigenvalue weighted by atomic mass is 79.9. The average molecular weight is 462 g/mol. The summed E-state index contributed by atoms with van der Waals surface area (Å²) in [6.07, 6.45) is 1.76. The van der Waals surface area contributed by atoms with E-state index in [1.807, 2.05) is 50.5 Å². The number of carbonyl (C=O) groups excluding carboxylic acids is 1. The molecule has 1 aromatic carbocycles. The molecule has 140 valence electrons. The van der Waals surface area contributed by atoms with Crippen molar-refractivity contribution in [3.8, 4) is 0 Å². The summed E-state index contributed by atoms with van der Waals surface area (Å²) in [6.45, 7) is 0.554. The number of likely N-dealkylation sites (N-methyl/N-ethyl adjacent to an activating group) is 1. The number of nitrogens with one attached hydrogen (secondary N) is 1. The van der Waals surface area contributed by atoms with Crippen LogP contribution in [0.5, 0.6) is 0 Å². The van der Waals surface area contributed by atoms with Crippen LogP contribution in [0.1, 0.15) is 22.0 Å². The van der Waals surface area contributed by atoms with Crippen molar-refractivity contribution < 1.29 is 4.79 Å². The third-order valence-corrected chi connectivity index (χ3v) is 6.25. The molecule has 1 unspecified atom stereocenters. The van der Waals surface area contributed by atoms with Gasteiger partial charge in [-0.3, -0.25) is 4.79 Å². The summed E-state index contributed by atoms with van der Waals surface area (Å²) >= 11 is 6.55. The maximum absolute atomic E-state index is 12.8. The summed E-state index contributed by atoms with van der Waals surface area (Å²) in [7, 11) is 4.05. The van der Waals surface area contributed by atoms with E-state index < -0.39 is 0 Å². The van der Waals surface area contributed by atoms with Gasteiger partial charge in [-0.2, -0.15) is 11.3 Å². The Morgan fingerprint density at radius 3 is 2.74 bits per heavy atom. The molecule has 27 heavy (non-hydrogen) atoms. The van der Waals surface area contributed by atoms with E-state index in [9.17, 15) is 4.79 Å². The fourth-order valence-electron chi connectivity index (χ4n) is 2.63. The van der Waals surface area contributed by atoms with E-state index in [0.29, 0.717) is 12.1 Å². The predicted molar refractivity (Wildman–Crippen MR) is 116 cm³/mol. The van der Waals surface area contributed by atoms with Gasteiger partial charge in [-0.25, -0.2) is 4.98 Å². The molecule has 3 rings (SSSR count). The van der Waals surface area contributed by atoms with Gasteiger partial charge in [-0.15, -0.1) is 0 Å². The van der Waals surface area contributed by atoms with E-state index in [2.05, 4.69) is 48.0 Å². The lowest BCUT2D eigenvalue weighted by Gasteiger charge is -2.24. The fraction of sp³-hybridized carbons (Fsp3) is 0.200. The van der Waals surface area contributed by atoms with Crippen molar-refractivity contribution in [2.75, 3.05) is 20.6 Å². The first-order valence-electron chi connectivity index (χ1n) is 8.40. The molecule has 0 fully saturated rings. The summed E-state index contributed by atoms with van der Waals surface area (Å²) in [4.78, 5) is 20.2. The molecule has 0 radical (unpaired) electrons. The Labute approximate surface area is 176 Å². The first-order chi connectivity index (χ1) is 13.0. The van der Waals surface area contributed by atoms with E-state index in [-0.39, 0.29) is 11.9 Å². The molecular weight excluding hydrogens is 442 g/mol. The number of benzene rings is 1. The highest BCUT2D eigenvalue weighted by Crippen LogP contribution is 2.29. The van der Waals surface area contributed by atoms with Crippen LogP contribution in [0, 0.1) is 0 Å². The summed E-state index contributed by atoms with van der Waals surface area (Å²) in [5.74, 6) is -0.0720. The molecule has 2 aromatic heterocycles. The van der Waals surface area contributed by atoms with Crippen LogP contribution >= 0.6 is 39.0 Å². The topological polar surface area (TPSA) is 45.2 Å². The van der Waals surface area contributed by atoms with Crippen molar-refractivity contribution in [3.05, 3.63) is 75.0 Å². The van der Waals surface area contributed by atoms with E-state index in [4.69, 9.17) is 0 Å². The Balaban J connectivity index is 1.72.